The summed E-state index contributed by atoms with van der Waals surface area (Å²) in [6, 6.07) is 2.88. The van der Waals surface area contributed by atoms with Crippen LogP contribution in [-0.4, -0.2) is 112 Å². The number of ether oxygens (including phenoxy) is 5. The number of aromatic hydroxyl groups is 2. The molecule has 2 aromatic rings. The average Bonchev–Trinajstić information content (AvgIpc) is 3.90. The highest BCUT2D eigenvalue weighted by atomic mass is 16.7. The van der Waals surface area contributed by atoms with Crippen molar-refractivity contribution in [2.24, 2.45) is 23.7 Å². The summed E-state index contributed by atoms with van der Waals surface area (Å²) in [7, 11) is 1.43. The number of fused-ring (bicyclic) bond motifs is 2. The van der Waals surface area contributed by atoms with Gasteiger partial charge in [0.25, 0.3) is 11.7 Å². The zero-order chi connectivity index (χ0) is 47.9. The van der Waals surface area contributed by atoms with E-state index in [0.717, 1.165) is 25.9 Å². The molecule has 4 bridgehead atoms. The van der Waals surface area contributed by atoms with Crippen molar-refractivity contribution in [2.45, 2.75) is 98.4 Å². The van der Waals surface area contributed by atoms with Crippen molar-refractivity contribution in [1.29, 1.82) is 0 Å². The maximum atomic E-state index is 14.8. The number of aromatic nitrogens is 1. The number of nitrogens with one attached hydrogen (secondary N) is 1. The molecule has 354 valence electrons. The first-order valence-electron chi connectivity index (χ1n) is 22.3. The van der Waals surface area contributed by atoms with Gasteiger partial charge in [-0.25, -0.2) is 4.98 Å². The second-order valence-electron chi connectivity index (χ2n) is 17.9. The third kappa shape index (κ3) is 8.96. The van der Waals surface area contributed by atoms with Crippen LogP contribution in [0.2, 0.25) is 0 Å². The van der Waals surface area contributed by atoms with Gasteiger partial charge in [0.15, 0.2) is 11.3 Å². The molecule has 7 rings (SSSR count). The van der Waals surface area contributed by atoms with Crippen LogP contribution in [0.1, 0.15) is 77.2 Å². The number of carbonyl (C=O) groups excluding carboxylic acids is 3. The quantitative estimate of drug-likeness (QED) is 0.0831. The second-order valence-corrected chi connectivity index (χ2v) is 17.9. The number of carbonyl (C=O) groups is 3. The lowest BCUT2D eigenvalue weighted by molar-refractivity contribution is -0.160. The highest BCUT2D eigenvalue weighted by molar-refractivity contribution is 6.22. The number of rotatable bonds is 6. The van der Waals surface area contributed by atoms with Gasteiger partial charge in [-0.3, -0.25) is 24.1 Å². The van der Waals surface area contributed by atoms with Gasteiger partial charge in [-0.2, -0.15) is 0 Å². The molecule has 5 N–H and O–H groups in total. The molecule has 2 aromatic carbocycles. The Hall–Kier alpha value is -6.01. The van der Waals surface area contributed by atoms with E-state index < -0.39 is 88.4 Å². The molecule has 4 aliphatic heterocycles. The van der Waals surface area contributed by atoms with Gasteiger partial charge >= 0.3 is 11.8 Å². The Morgan fingerprint density at radius 1 is 0.985 bits per heavy atom. The third-order valence-electron chi connectivity index (χ3n) is 13.3. The molecule has 17 nitrogen and oxygen atoms in total. The number of likely N-dealkylation sites (tertiary alicyclic amines) is 1. The van der Waals surface area contributed by atoms with Crippen molar-refractivity contribution >= 4 is 45.2 Å². The largest absolute Gasteiger partial charge is 0.507 e. The van der Waals surface area contributed by atoms with E-state index in [1.807, 2.05) is 0 Å². The predicted octanol–water partition coefficient (Wildman–Crippen LogP) is 6.13. The number of aliphatic hydroxyl groups excluding tert-OH is 2. The summed E-state index contributed by atoms with van der Waals surface area (Å²) in [5.41, 5.74) is -1.58. The monoisotopic (exact) mass is 913 g/mol. The maximum absolute atomic E-state index is 14.8. The van der Waals surface area contributed by atoms with Crippen LogP contribution in [0.5, 0.6) is 23.0 Å². The van der Waals surface area contributed by atoms with Crippen LogP contribution in [0.3, 0.4) is 0 Å². The highest BCUT2D eigenvalue weighted by Crippen LogP contribution is 2.51. The molecule has 5 aliphatic rings. The first-order valence-corrected chi connectivity index (χ1v) is 22.3. The van der Waals surface area contributed by atoms with Gasteiger partial charge in [-0.15, -0.1) is 0 Å². The molecule has 1 saturated heterocycles. The summed E-state index contributed by atoms with van der Waals surface area (Å²) >= 11 is 0. The minimum atomic E-state index is -2.09. The van der Waals surface area contributed by atoms with Gasteiger partial charge in [-0.1, -0.05) is 45.9 Å². The van der Waals surface area contributed by atoms with E-state index in [2.05, 4.69) is 10.2 Å². The topological polar surface area (TPSA) is 237 Å². The number of esters is 1. The third-order valence-corrected chi connectivity index (χ3v) is 13.3. The first kappa shape index (κ1) is 47.9. The van der Waals surface area contributed by atoms with Crippen LogP contribution in [-0.2, 0) is 23.8 Å². The van der Waals surface area contributed by atoms with E-state index in [1.165, 1.54) is 65.4 Å². The smallest absolute Gasteiger partial charge is 0.312 e. The Kier molecular flexibility index (Phi) is 13.9. The number of benzene rings is 3. The van der Waals surface area contributed by atoms with Gasteiger partial charge in [0, 0.05) is 79.8 Å². The van der Waals surface area contributed by atoms with Gasteiger partial charge in [-0.05, 0) is 45.9 Å². The van der Waals surface area contributed by atoms with E-state index in [0.29, 0.717) is 13.2 Å². The number of hydrogen-bond acceptors (Lipinski definition) is 16. The molecule has 0 spiro atoms. The fourth-order valence-corrected chi connectivity index (χ4v) is 9.25. The molecule has 17 heteroatoms. The van der Waals surface area contributed by atoms with Gasteiger partial charge < -0.3 is 53.8 Å². The standard InChI is InChI=1S/C49H59N3O14/c1-23-13-12-14-24(2)48(60)51-39-43(58)35-34(38-46(39)65-33-22-30(21-31(54)37(33)50-38)62-20-18-52-16-10-11-17-52)36-45(28(6)42(35)57)66-49(8,47(36)59)63-19-15-32(61-9)25(3)44(64-29(7)53)27(5)41(56)26(4)40(23)55/h12-15,19,21-23,25-27,32,40-41,44,54-57H,10-11,16-18,20H2,1-9H3,(H,51,60)/b13-12+,19-15+,24-14-/t23-,25+,26+,27+,32-,40-,41+,44+,49-/m0/s1. The summed E-state index contributed by atoms with van der Waals surface area (Å²) in [5.74, 6) is -7.78. The summed E-state index contributed by atoms with van der Waals surface area (Å²) in [4.78, 5) is 62.9. The normalized spacial score (nSPS) is 29.7. The SMILES string of the molecule is CO[C@H]1/C=C/O[C@@]2(C)Oc3c(C)c(O)c4c(=O)c(c5oc6cc(OCCN7CCCC7)cc(O)c6nc-5c4c3C2=O)NC(=O)/C(C)=C\C=C\[C@H](C)[C@H](O)[C@@H](C)[C@@H](O)[C@@H](C)[C@H](OC(C)=O)[C@@H]1C. The predicted molar refractivity (Wildman–Crippen MR) is 244 cm³/mol. The minimum absolute atomic E-state index is 0.00991. The number of aliphatic hydroxyl groups is 2. The molecule has 1 aliphatic carbocycles. The number of anilines is 1. The molecule has 66 heavy (non-hydrogen) atoms. The van der Waals surface area contributed by atoms with Gasteiger partial charge in [0.1, 0.15) is 52.6 Å². The lowest BCUT2D eigenvalue weighted by Gasteiger charge is -2.38. The van der Waals surface area contributed by atoms with Crippen molar-refractivity contribution in [1.82, 2.24) is 9.88 Å². The van der Waals surface area contributed by atoms with Crippen molar-refractivity contribution in [2.75, 3.05) is 38.7 Å². The fourth-order valence-electron chi connectivity index (χ4n) is 9.25. The van der Waals surface area contributed by atoms with E-state index in [-0.39, 0.29) is 67.3 Å². The van der Waals surface area contributed by atoms with Gasteiger partial charge in [0.05, 0.1) is 35.5 Å². The van der Waals surface area contributed by atoms with Crippen LogP contribution in [0.4, 0.5) is 5.69 Å². The van der Waals surface area contributed by atoms with Crippen LogP contribution < -0.4 is 20.2 Å². The molecule has 0 saturated carbocycles. The van der Waals surface area contributed by atoms with Gasteiger partial charge in [0.2, 0.25) is 5.43 Å². The van der Waals surface area contributed by atoms with Crippen LogP contribution in [0, 0.1) is 30.6 Å². The zero-order valence-corrected chi connectivity index (χ0v) is 38.7. The summed E-state index contributed by atoms with van der Waals surface area (Å²) < 4.78 is 36.2. The Bertz CT molecular complexity index is 2670. The summed E-state index contributed by atoms with van der Waals surface area (Å²) in [6.45, 7) is 15.4. The number of amides is 1. The Morgan fingerprint density at radius 3 is 2.38 bits per heavy atom. The van der Waals surface area contributed by atoms with Crippen LogP contribution in [0.25, 0.3) is 33.3 Å². The number of ketones is 1. The minimum Gasteiger partial charge on any atom is -0.507 e. The Balaban J connectivity index is 1.41. The molecule has 1 fully saturated rings. The average molecular weight is 914 g/mol. The number of methoxy groups -OCH3 is 1. The molecule has 9 atom stereocenters. The number of hydrogen-bond donors (Lipinski definition) is 5. The van der Waals surface area contributed by atoms with Crippen molar-refractivity contribution in [3.63, 3.8) is 0 Å². The first-order chi connectivity index (χ1) is 31.3. The molecule has 0 aromatic heterocycles. The summed E-state index contributed by atoms with van der Waals surface area (Å²) in [5, 5.41) is 48.3. The lowest BCUT2D eigenvalue weighted by Crippen LogP contribution is -2.46. The number of phenolic OH excluding ortho intramolecular Hbond substituents is 2. The van der Waals surface area contributed by atoms with Crippen LogP contribution in [0.15, 0.2) is 57.5 Å². The number of phenols is 2. The Morgan fingerprint density at radius 2 is 1.70 bits per heavy atom. The Labute approximate surface area is 382 Å². The fraction of sp³-hybridized carbons (Fsp3) is 0.490. The van der Waals surface area contributed by atoms with E-state index in [1.54, 1.807) is 39.8 Å². The van der Waals surface area contributed by atoms with E-state index in [9.17, 15) is 39.6 Å². The number of allylic oxidation sites excluding steroid dienone is 2. The molecular weight excluding hydrogens is 855 g/mol. The van der Waals surface area contributed by atoms with Crippen molar-refractivity contribution in [3.05, 3.63) is 69.6 Å². The highest BCUT2D eigenvalue weighted by Gasteiger charge is 2.50. The molecule has 4 heterocycles. The molecule has 0 unspecified atom stereocenters. The molecular formula is C49H59N3O14. The lowest BCUT2D eigenvalue weighted by atomic mass is 9.78. The number of Topliss-reactive ketones (excluding diaryl/α,β-unsaturated/α-hetero) is 1. The zero-order valence-electron chi connectivity index (χ0n) is 38.7. The van der Waals surface area contributed by atoms with E-state index >= 15 is 0 Å². The van der Waals surface area contributed by atoms with Crippen molar-refractivity contribution < 1.29 is 62.9 Å². The van der Waals surface area contributed by atoms with Crippen molar-refractivity contribution in [3.8, 4) is 34.5 Å². The summed E-state index contributed by atoms with van der Waals surface area (Å²) in [6.07, 6.45) is 5.64. The number of nitrogens with zero attached hydrogens (tertiary/aromatic N) is 2. The second kappa shape index (κ2) is 19.1. The molecule has 1 amide bonds. The molecule has 0 radical (unpaired) electrons. The van der Waals surface area contributed by atoms with Crippen LogP contribution >= 0.6 is 0 Å². The van der Waals surface area contributed by atoms with E-state index in [4.69, 9.17) is 33.1 Å². The maximum Gasteiger partial charge on any atom is 0.312 e.